The number of furan rings is 1. The lowest BCUT2D eigenvalue weighted by atomic mass is 10.0. The van der Waals surface area contributed by atoms with Crippen LogP contribution in [-0.4, -0.2) is 10.2 Å². The summed E-state index contributed by atoms with van der Waals surface area (Å²) in [5.74, 6) is 1.80. The van der Waals surface area contributed by atoms with Gasteiger partial charge in [-0.05, 0) is 42.0 Å². The molecule has 0 bridgehead atoms. The van der Waals surface area contributed by atoms with Gasteiger partial charge in [0, 0.05) is 10.6 Å². The number of hydrogen-bond acceptors (Lipinski definition) is 5. The highest BCUT2D eigenvalue weighted by Gasteiger charge is 2.17. The molecule has 0 saturated heterocycles. The minimum Gasteiger partial charge on any atom is -0.467 e. The molecule has 0 aliphatic rings. The molecule has 0 aliphatic carbocycles. The smallest absolute Gasteiger partial charge is 0.247 e. The number of aromatic nitrogens is 2. The van der Waals surface area contributed by atoms with Gasteiger partial charge in [-0.3, -0.25) is 5.32 Å². The molecule has 1 atom stereocenters. The highest BCUT2D eigenvalue weighted by atomic mass is 35.5. The minimum absolute atomic E-state index is 0.0999. The van der Waals surface area contributed by atoms with Gasteiger partial charge in [0.05, 0.1) is 18.8 Å². The molecular formula is C20H16ClN3O2. The molecule has 6 heteroatoms. The third kappa shape index (κ3) is 3.69. The Morgan fingerprint density at radius 2 is 1.73 bits per heavy atom. The fraction of sp³-hybridized carbons (Fsp3) is 0.100. The predicted molar refractivity (Wildman–Crippen MR) is 98.6 cm³/mol. The SMILES string of the molecule is Clc1ccc(-c2nnc(CN[C@H](c3ccccc3)c3ccco3)o2)cc1. The molecule has 2 aromatic carbocycles. The van der Waals surface area contributed by atoms with E-state index in [0.29, 0.717) is 23.3 Å². The van der Waals surface area contributed by atoms with Crippen molar-refractivity contribution in [2.75, 3.05) is 0 Å². The zero-order valence-electron chi connectivity index (χ0n) is 13.8. The Morgan fingerprint density at radius 3 is 2.46 bits per heavy atom. The third-order valence-corrected chi connectivity index (χ3v) is 4.23. The fourth-order valence-corrected chi connectivity index (χ4v) is 2.83. The summed E-state index contributed by atoms with van der Waals surface area (Å²) < 4.78 is 11.3. The molecule has 4 aromatic rings. The Bertz CT molecular complexity index is 950. The van der Waals surface area contributed by atoms with Crippen molar-refractivity contribution in [2.24, 2.45) is 0 Å². The van der Waals surface area contributed by atoms with E-state index in [9.17, 15) is 0 Å². The van der Waals surface area contributed by atoms with E-state index < -0.39 is 0 Å². The van der Waals surface area contributed by atoms with Crippen LogP contribution < -0.4 is 5.32 Å². The lowest BCUT2D eigenvalue weighted by Gasteiger charge is -2.15. The summed E-state index contributed by atoms with van der Waals surface area (Å²) >= 11 is 5.91. The molecule has 5 nitrogen and oxygen atoms in total. The van der Waals surface area contributed by atoms with Gasteiger partial charge >= 0.3 is 0 Å². The van der Waals surface area contributed by atoms with E-state index in [2.05, 4.69) is 15.5 Å². The second-order valence-electron chi connectivity index (χ2n) is 5.75. The molecule has 0 radical (unpaired) electrons. The van der Waals surface area contributed by atoms with Gasteiger partial charge in [-0.15, -0.1) is 10.2 Å². The topological polar surface area (TPSA) is 64.1 Å². The van der Waals surface area contributed by atoms with Gasteiger partial charge < -0.3 is 8.83 Å². The van der Waals surface area contributed by atoms with Crippen LogP contribution in [0.25, 0.3) is 11.5 Å². The van der Waals surface area contributed by atoms with Crippen LogP contribution in [0.5, 0.6) is 0 Å². The maximum absolute atomic E-state index is 5.91. The van der Waals surface area contributed by atoms with E-state index in [1.54, 1.807) is 18.4 Å². The molecule has 0 amide bonds. The van der Waals surface area contributed by atoms with Gasteiger partial charge in [-0.25, -0.2) is 0 Å². The van der Waals surface area contributed by atoms with Crippen molar-refractivity contribution in [1.82, 2.24) is 15.5 Å². The first-order chi connectivity index (χ1) is 12.8. The lowest BCUT2D eigenvalue weighted by molar-refractivity contribution is 0.416. The van der Waals surface area contributed by atoms with Gasteiger partial charge in [0.25, 0.3) is 0 Å². The average Bonchev–Trinajstić information content (AvgIpc) is 3.36. The zero-order chi connectivity index (χ0) is 17.8. The van der Waals surface area contributed by atoms with Gasteiger partial charge in [-0.2, -0.15) is 0 Å². The first kappa shape index (κ1) is 16.6. The highest BCUT2D eigenvalue weighted by Crippen LogP contribution is 2.24. The van der Waals surface area contributed by atoms with E-state index in [1.807, 2.05) is 54.6 Å². The summed E-state index contributed by atoms with van der Waals surface area (Å²) in [6, 6.07) is 21.1. The first-order valence-electron chi connectivity index (χ1n) is 8.19. The quantitative estimate of drug-likeness (QED) is 0.528. The van der Waals surface area contributed by atoms with Crippen LogP contribution in [0.3, 0.4) is 0 Å². The molecule has 0 unspecified atom stereocenters. The average molecular weight is 366 g/mol. The van der Waals surface area contributed by atoms with Crippen molar-refractivity contribution in [3.05, 3.63) is 95.2 Å². The van der Waals surface area contributed by atoms with E-state index in [1.165, 1.54) is 0 Å². The van der Waals surface area contributed by atoms with Crippen molar-refractivity contribution in [2.45, 2.75) is 12.6 Å². The van der Waals surface area contributed by atoms with Crippen molar-refractivity contribution < 1.29 is 8.83 Å². The zero-order valence-corrected chi connectivity index (χ0v) is 14.6. The third-order valence-electron chi connectivity index (χ3n) is 3.98. The molecule has 0 aliphatic heterocycles. The minimum atomic E-state index is -0.0999. The predicted octanol–water partition coefficient (Wildman–Crippen LogP) is 4.86. The van der Waals surface area contributed by atoms with Gasteiger partial charge in [0.1, 0.15) is 5.76 Å². The molecule has 26 heavy (non-hydrogen) atoms. The monoisotopic (exact) mass is 365 g/mol. The summed E-state index contributed by atoms with van der Waals surface area (Å²) in [6.07, 6.45) is 1.66. The number of rotatable bonds is 6. The normalized spacial score (nSPS) is 12.2. The van der Waals surface area contributed by atoms with Crippen LogP contribution in [0.4, 0.5) is 0 Å². The summed E-state index contributed by atoms with van der Waals surface area (Å²) in [6.45, 7) is 0.418. The Balaban J connectivity index is 1.51. The van der Waals surface area contributed by atoms with E-state index in [-0.39, 0.29) is 6.04 Å². The van der Waals surface area contributed by atoms with Crippen LogP contribution in [0.2, 0.25) is 5.02 Å². The largest absolute Gasteiger partial charge is 0.467 e. The second kappa shape index (κ2) is 7.56. The number of benzene rings is 2. The fourth-order valence-electron chi connectivity index (χ4n) is 2.71. The first-order valence-corrected chi connectivity index (χ1v) is 8.57. The second-order valence-corrected chi connectivity index (χ2v) is 6.18. The summed E-state index contributed by atoms with van der Waals surface area (Å²) in [5, 5.41) is 12.3. The maximum Gasteiger partial charge on any atom is 0.247 e. The standard InChI is InChI=1S/C20H16ClN3O2/c21-16-10-8-15(9-11-16)20-24-23-18(26-20)13-22-19(17-7-4-12-25-17)14-5-2-1-3-6-14/h1-12,19,22H,13H2/t19-/m1/s1. The lowest BCUT2D eigenvalue weighted by Crippen LogP contribution is -2.21. The molecule has 0 saturated carbocycles. The molecule has 2 aromatic heterocycles. The van der Waals surface area contributed by atoms with E-state index >= 15 is 0 Å². The summed E-state index contributed by atoms with van der Waals surface area (Å²) in [5.41, 5.74) is 1.93. The molecule has 130 valence electrons. The maximum atomic E-state index is 5.91. The molecule has 4 rings (SSSR count). The van der Waals surface area contributed by atoms with Gasteiger partial charge in [0.15, 0.2) is 0 Å². The Morgan fingerprint density at radius 1 is 0.923 bits per heavy atom. The van der Waals surface area contributed by atoms with Gasteiger partial charge in [-0.1, -0.05) is 41.9 Å². The molecule has 0 spiro atoms. The number of nitrogens with zero attached hydrogens (tertiary/aromatic N) is 2. The molecule has 1 N–H and O–H groups in total. The van der Waals surface area contributed by atoms with Crippen molar-refractivity contribution in [3.8, 4) is 11.5 Å². The van der Waals surface area contributed by atoms with Crippen LogP contribution in [0, 0.1) is 0 Å². The summed E-state index contributed by atoms with van der Waals surface area (Å²) in [4.78, 5) is 0. The van der Waals surface area contributed by atoms with Crippen molar-refractivity contribution in [1.29, 1.82) is 0 Å². The molecule has 2 heterocycles. The van der Waals surface area contributed by atoms with E-state index in [0.717, 1.165) is 16.9 Å². The van der Waals surface area contributed by atoms with Crippen molar-refractivity contribution in [3.63, 3.8) is 0 Å². The van der Waals surface area contributed by atoms with Crippen LogP contribution >= 0.6 is 11.6 Å². The number of halogens is 1. The Labute approximate surface area is 155 Å². The number of hydrogen-bond donors (Lipinski definition) is 1. The van der Waals surface area contributed by atoms with Crippen LogP contribution in [-0.2, 0) is 6.54 Å². The molecule has 0 fully saturated rings. The van der Waals surface area contributed by atoms with Crippen LogP contribution in [0.15, 0.2) is 81.8 Å². The number of nitrogens with one attached hydrogen (secondary N) is 1. The highest BCUT2D eigenvalue weighted by molar-refractivity contribution is 6.30. The Hall–Kier alpha value is -2.89. The summed E-state index contributed by atoms with van der Waals surface area (Å²) in [7, 11) is 0. The van der Waals surface area contributed by atoms with Gasteiger partial charge in [0.2, 0.25) is 11.8 Å². The Kier molecular flexibility index (Phi) is 4.82. The molecular weight excluding hydrogens is 350 g/mol. The van der Waals surface area contributed by atoms with Crippen LogP contribution in [0.1, 0.15) is 23.3 Å². The van der Waals surface area contributed by atoms with E-state index in [4.69, 9.17) is 20.4 Å². The van der Waals surface area contributed by atoms with Crippen molar-refractivity contribution >= 4 is 11.6 Å².